The molecule has 1 N–H and O–H groups in total. The van der Waals surface area contributed by atoms with Crippen LogP contribution in [0.2, 0.25) is 0 Å². The van der Waals surface area contributed by atoms with Gasteiger partial charge in [-0.25, -0.2) is 4.21 Å². The zero-order valence-electron chi connectivity index (χ0n) is 5.69. The van der Waals surface area contributed by atoms with Crippen molar-refractivity contribution in [1.82, 2.24) is 0 Å². The predicted molar refractivity (Wildman–Crippen MR) is 50.5 cm³/mol. The summed E-state index contributed by atoms with van der Waals surface area (Å²) < 4.78 is 15.4. The van der Waals surface area contributed by atoms with Crippen molar-refractivity contribution in [2.75, 3.05) is 0 Å². The molecule has 0 atom stereocenters. The normalized spacial score (nSPS) is 7.09. The first-order valence-electron chi connectivity index (χ1n) is 2.79. The van der Waals surface area contributed by atoms with Crippen LogP contribution in [0.3, 0.4) is 0 Å². The molecule has 1 aromatic carbocycles. The van der Waals surface area contributed by atoms with Crippen molar-refractivity contribution >= 4 is 41.5 Å². The first-order valence-corrected chi connectivity index (χ1v) is 3.56. The molecule has 2 nitrogen and oxygen atoms in total. The van der Waals surface area contributed by atoms with Crippen LogP contribution in [0.25, 0.3) is 0 Å². The fourth-order valence-electron chi connectivity index (χ4n) is 0.534. The van der Waals surface area contributed by atoms with Gasteiger partial charge in [0.1, 0.15) is 11.9 Å². The molecule has 0 aliphatic carbocycles. The molecule has 11 heavy (non-hydrogen) atoms. The molecule has 1 aromatic rings. The second kappa shape index (κ2) is 10.3. The maximum atomic E-state index is 8.46. The van der Waals surface area contributed by atoms with Crippen molar-refractivity contribution in [2.45, 2.75) is 6.92 Å². The molecule has 0 aromatic heterocycles. The zero-order valence-corrected chi connectivity index (χ0v) is 6.58. The van der Waals surface area contributed by atoms with Crippen LogP contribution in [0.5, 0.6) is 0 Å². The second-order valence-electron chi connectivity index (χ2n) is 1.74. The summed E-state index contributed by atoms with van der Waals surface area (Å²) in [5, 5.41) is 0. The Hall–Kier alpha value is 0.330. The summed E-state index contributed by atoms with van der Waals surface area (Å²) in [6.07, 6.45) is 0. The van der Waals surface area contributed by atoms with Gasteiger partial charge >= 0.3 is 29.6 Å². The van der Waals surface area contributed by atoms with Crippen molar-refractivity contribution in [2.24, 2.45) is 0 Å². The van der Waals surface area contributed by atoms with E-state index in [2.05, 4.69) is 19.1 Å². The molecule has 1 rings (SSSR count). The predicted octanol–water partition coefficient (Wildman–Crippen LogP) is 0.751. The third-order valence-electron chi connectivity index (χ3n) is 0.940. The van der Waals surface area contributed by atoms with Crippen molar-refractivity contribution in [1.29, 1.82) is 0 Å². The Balaban J connectivity index is 0. The number of hydrogen-bond acceptors (Lipinski definition) is 1. The fraction of sp³-hybridized carbons (Fsp3) is 0.143. The van der Waals surface area contributed by atoms with E-state index in [9.17, 15) is 0 Å². The quantitative estimate of drug-likeness (QED) is 0.353. The minimum absolute atomic E-state index is 0. The van der Waals surface area contributed by atoms with Gasteiger partial charge in [0.2, 0.25) is 0 Å². The number of rotatable bonds is 0. The van der Waals surface area contributed by atoms with Gasteiger partial charge in [0, 0.05) is 0 Å². The maximum absolute atomic E-state index is 8.46. The molecule has 0 bridgehead atoms. The second-order valence-corrected chi connectivity index (χ2v) is 1.90. The van der Waals surface area contributed by atoms with E-state index in [0.717, 1.165) is 0 Å². The van der Waals surface area contributed by atoms with E-state index in [1.807, 2.05) is 18.2 Å². The zero-order chi connectivity index (χ0) is 7.82. The summed E-state index contributed by atoms with van der Waals surface area (Å²) >= 11 is -0.833. The van der Waals surface area contributed by atoms with Gasteiger partial charge < -0.3 is 4.55 Å². The monoisotopic (exact) mass is 182 g/mol. The topological polar surface area (TPSA) is 37.3 Å². The van der Waals surface area contributed by atoms with Gasteiger partial charge in [-0.3, -0.25) is 0 Å². The van der Waals surface area contributed by atoms with Crippen LogP contribution in [0, 0.1) is 6.92 Å². The molecular formula is C7H11NaO2S. The Bertz CT molecular complexity index is 179. The Morgan fingerprint density at radius 3 is 1.82 bits per heavy atom. The summed E-state index contributed by atoms with van der Waals surface area (Å²) in [4.78, 5) is 0. The van der Waals surface area contributed by atoms with Crippen LogP contribution in [0.4, 0.5) is 0 Å². The molecule has 0 saturated carbocycles. The Morgan fingerprint density at radius 2 is 1.64 bits per heavy atom. The standard InChI is InChI=1S/C7H8.Na.H2O2S.H/c1-7-5-3-2-4-6-7;;1-3-2;/h2-6H,1H3;;3H,(H,1,2);. The summed E-state index contributed by atoms with van der Waals surface area (Å²) in [5.41, 5.74) is 1.32. The molecule has 0 spiro atoms. The number of aryl methyl sites for hydroxylation is 1. The molecule has 58 valence electrons. The first-order chi connectivity index (χ1) is 4.81. The van der Waals surface area contributed by atoms with E-state index >= 15 is 0 Å². The summed E-state index contributed by atoms with van der Waals surface area (Å²) in [6, 6.07) is 10.3. The summed E-state index contributed by atoms with van der Waals surface area (Å²) in [6.45, 7) is 2.08. The van der Waals surface area contributed by atoms with Gasteiger partial charge in [-0.2, -0.15) is 0 Å². The van der Waals surface area contributed by atoms with E-state index < -0.39 is 11.9 Å². The number of benzene rings is 1. The minimum atomic E-state index is -0.833. The van der Waals surface area contributed by atoms with Crippen LogP contribution in [0.1, 0.15) is 5.56 Å². The molecule has 0 amide bonds. The van der Waals surface area contributed by atoms with Gasteiger partial charge in [0.15, 0.2) is 0 Å². The van der Waals surface area contributed by atoms with Crippen LogP contribution in [0.15, 0.2) is 30.3 Å². The van der Waals surface area contributed by atoms with E-state index in [1.165, 1.54) is 5.56 Å². The molecule has 0 aliphatic heterocycles. The van der Waals surface area contributed by atoms with Gasteiger partial charge in [0.25, 0.3) is 0 Å². The van der Waals surface area contributed by atoms with Crippen molar-refractivity contribution < 1.29 is 8.76 Å². The molecule has 0 aliphatic rings. The molecule has 0 radical (unpaired) electrons. The van der Waals surface area contributed by atoms with Crippen LogP contribution >= 0.6 is 0 Å². The molecular weight excluding hydrogens is 171 g/mol. The van der Waals surface area contributed by atoms with E-state index in [1.54, 1.807) is 0 Å². The van der Waals surface area contributed by atoms with E-state index in [4.69, 9.17) is 8.76 Å². The number of hydrogen-bond donors (Lipinski definition) is 2. The van der Waals surface area contributed by atoms with Gasteiger partial charge in [-0.05, 0) is 6.92 Å². The third kappa shape index (κ3) is 10.3. The molecule has 4 heteroatoms. The van der Waals surface area contributed by atoms with Crippen molar-refractivity contribution in [3.05, 3.63) is 35.9 Å². The molecule has 0 saturated heterocycles. The summed E-state index contributed by atoms with van der Waals surface area (Å²) in [5.74, 6) is 0. The Kier molecular flexibility index (Phi) is 13.0. The molecule has 0 fully saturated rings. The third-order valence-corrected chi connectivity index (χ3v) is 0.940. The van der Waals surface area contributed by atoms with E-state index in [-0.39, 0.29) is 29.6 Å². The Morgan fingerprint density at radius 1 is 1.27 bits per heavy atom. The average molecular weight is 182 g/mol. The summed E-state index contributed by atoms with van der Waals surface area (Å²) in [7, 11) is 0. The SMILES string of the molecule is Cc1ccccc1.O=[SH]O.[NaH]. The van der Waals surface area contributed by atoms with Gasteiger partial charge in [-0.15, -0.1) is 0 Å². The Labute approximate surface area is 92.6 Å². The van der Waals surface area contributed by atoms with Crippen LogP contribution < -0.4 is 0 Å². The fourth-order valence-corrected chi connectivity index (χ4v) is 0.534. The van der Waals surface area contributed by atoms with Crippen molar-refractivity contribution in [3.63, 3.8) is 0 Å². The van der Waals surface area contributed by atoms with Crippen molar-refractivity contribution in [3.8, 4) is 0 Å². The van der Waals surface area contributed by atoms with Crippen LogP contribution in [-0.2, 0) is 11.9 Å². The average Bonchev–Trinajstić information content (AvgIpc) is 1.91. The molecule has 0 unspecified atom stereocenters. The van der Waals surface area contributed by atoms with E-state index in [0.29, 0.717) is 0 Å². The molecule has 0 heterocycles. The number of thiol groups is 1. The first kappa shape index (κ1) is 13.9. The van der Waals surface area contributed by atoms with Gasteiger partial charge in [0.05, 0.1) is 0 Å². The van der Waals surface area contributed by atoms with Crippen LogP contribution in [-0.4, -0.2) is 38.3 Å². The van der Waals surface area contributed by atoms with Gasteiger partial charge in [-0.1, -0.05) is 35.9 Å².